The van der Waals surface area contributed by atoms with E-state index in [0.29, 0.717) is 0 Å². The second-order valence-electron chi connectivity index (χ2n) is 3.92. The van der Waals surface area contributed by atoms with Crippen molar-refractivity contribution >= 4 is 0 Å². The first kappa shape index (κ1) is 8.82. The Bertz CT molecular complexity index is 299. The Balaban J connectivity index is 2.36. The number of hydrogen-bond donors (Lipinski definition) is 2. The molecule has 2 rings (SSSR count). The summed E-state index contributed by atoms with van der Waals surface area (Å²) in [7, 11) is 2.02. The van der Waals surface area contributed by atoms with Crippen molar-refractivity contribution in [3.8, 4) is 0 Å². The molecule has 1 aromatic heterocycles. The van der Waals surface area contributed by atoms with E-state index < -0.39 is 0 Å². The molecular weight excluding hydrogens is 160 g/mol. The van der Waals surface area contributed by atoms with Crippen molar-refractivity contribution < 1.29 is 0 Å². The predicted molar refractivity (Wildman–Crippen MR) is 54.9 cm³/mol. The maximum Gasteiger partial charge on any atom is 0.0223 e. The summed E-state index contributed by atoms with van der Waals surface area (Å²) in [6, 6.07) is 0. The number of fused-ring (bicyclic) bond motifs is 1. The minimum absolute atomic E-state index is 1.01. The Morgan fingerprint density at radius 1 is 1.31 bits per heavy atom. The van der Waals surface area contributed by atoms with Crippen LogP contribution in [0.3, 0.4) is 0 Å². The lowest BCUT2D eigenvalue weighted by molar-refractivity contribution is 0.669. The van der Waals surface area contributed by atoms with E-state index in [4.69, 9.17) is 0 Å². The van der Waals surface area contributed by atoms with Gasteiger partial charge in [0.05, 0.1) is 0 Å². The molecule has 0 radical (unpaired) electrons. The van der Waals surface area contributed by atoms with Crippen LogP contribution in [0.2, 0.25) is 0 Å². The summed E-state index contributed by atoms with van der Waals surface area (Å²) in [6.07, 6.45) is 5.24. The smallest absolute Gasteiger partial charge is 0.0223 e. The highest BCUT2D eigenvalue weighted by Gasteiger charge is 2.16. The Hall–Kier alpha value is -0.760. The molecule has 2 heteroatoms. The van der Waals surface area contributed by atoms with Crippen LogP contribution in [0.5, 0.6) is 0 Å². The van der Waals surface area contributed by atoms with Gasteiger partial charge in [-0.25, -0.2) is 0 Å². The molecule has 0 spiro atoms. The van der Waals surface area contributed by atoms with Crippen molar-refractivity contribution in [3.05, 3.63) is 22.5 Å². The van der Waals surface area contributed by atoms with Crippen LogP contribution in [0, 0.1) is 6.92 Å². The molecule has 0 bridgehead atoms. The maximum absolute atomic E-state index is 3.51. The first-order valence-corrected chi connectivity index (χ1v) is 5.16. The summed E-state index contributed by atoms with van der Waals surface area (Å²) < 4.78 is 0. The maximum atomic E-state index is 3.51. The molecule has 2 nitrogen and oxygen atoms in total. The fourth-order valence-electron chi connectivity index (χ4n) is 2.32. The van der Waals surface area contributed by atoms with Gasteiger partial charge in [0.2, 0.25) is 0 Å². The summed E-state index contributed by atoms with van der Waals surface area (Å²) in [5, 5.41) is 3.24. The fourth-order valence-corrected chi connectivity index (χ4v) is 2.32. The molecule has 1 aliphatic rings. The van der Waals surface area contributed by atoms with Crippen LogP contribution in [0.25, 0.3) is 0 Å². The summed E-state index contributed by atoms with van der Waals surface area (Å²) in [5.41, 5.74) is 5.96. The van der Waals surface area contributed by atoms with Crippen molar-refractivity contribution in [3.63, 3.8) is 0 Å². The zero-order valence-corrected chi connectivity index (χ0v) is 8.54. The molecule has 0 aromatic carbocycles. The molecule has 1 aromatic rings. The Kier molecular flexibility index (Phi) is 2.40. The highest BCUT2D eigenvalue weighted by molar-refractivity contribution is 5.38. The van der Waals surface area contributed by atoms with Crippen molar-refractivity contribution in [2.75, 3.05) is 7.05 Å². The molecular formula is C11H18N2. The van der Waals surface area contributed by atoms with Gasteiger partial charge in [0.1, 0.15) is 0 Å². The van der Waals surface area contributed by atoms with Crippen LogP contribution in [0.15, 0.2) is 0 Å². The average molecular weight is 178 g/mol. The molecule has 0 fully saturated rings. The molecule has 0 saturated heterocycles. The van der Waals surface area contributed by atoms with Crippen molar-refractivity contribution in [1.29, 1.82) is 0 Å². The third kappa shape index (κ3) is 1.51. The van der Waals surface area contributed by atoms with Gasteiger partial charge >= 0.3 is 0 Å². The van der Waals surface area contributed by atoms with Crippen molar-refractivity contribution in [1.82, 2.24) is 10.3 Å². The number of aromatic nitrogens is 1. The fraction of sp³-hybridized carbons (Fsp3) is 0.636. The monoisotopic (exact) mass is 178 g/mol. The number of aryl methyl sites for hydroxylation is 2. The second kappa shape index (κ2) is 3.54. The third-order valence-electron chi connectivity index (χ3n) is 2.98. The van der Waals surface area contributed by atoms with E-state index in [1.54, 1.807) is 5.56 Å². The van der Waals surface area contributed by atoms with Crippen LogP contribution < -0.4 is 5.32 Å². The van der Waals surface area contributed by atoms with Gasteiger partial charge in [-0.3, -0.25) is 0 Å². The van der Waals surface area contributed by atoms with Crippen LogP contribution >= 0.6 is 0 Å². The molecule has 72 valence electrons. The van der Waals surface area contributed by atoms with Gasteiger partial charge in [-0.1, -0.05) is 0 Å². The van der Waals surface area contributed by atoms with Crippen LogP contribution in [-0.2, 0) is 19.4 Å². The van der Waals surface area contributed by atoms with Crippen molar-refractivity contribution in [2.45, 2.75) is 39.2 Å². The molecule has 13 heavy (non-hydrogen) atoms. The van der Waals surface area contributed by atoms with Gasteiger partial charge in [-0.05, 0) is 50.8 Å². The number of rotatable bonds is 2. The predicted octanol–water partition coefficient (Wildman–Crippen LogP) is 1.92. The molecule has 0 amide bonds. The normalized spacial score (nSPS) is 15.8. The Morgan fingerprint density at radius 3 is 2.85 bits per heavy atom. The van der Waals surface area contributed by atoms with Gasteiger partial charge in [0.15, 0.2) is 0 Å². The van der Waals surface area contributed by atoms with Crippen molar-refractivity contribution in [2.24, 2.45) is 0 Å². The zero-order chi connectivity index (χ0) is 9.26. The van der Waals surface area contributed by atoms with E-state index in [9.17, 15) is 0 Å². The van der Waals surface area contributed by atoms with E-state index in [1.807, 2.05) is 7.05 Å². The topological polar surface area (TPSA) is 27.8 Å². The number of H-pyrrole nitrogens is 1. The van der Waals surface area contributed by atoms with Crippen LogP contribution in [0.4, 0.5) is 0 Å². The molecule has 0 atom stereocenters. The quantitative estimate of drug-likeness (QED) is 0.711. The van der Waals surface area contributed by atoms with Gasteiger partial charge in [-0.2, -0.15) is 0 Å². The lowest BCUT2D eigenvalue weighted by Gasteiger charge is -2.12. The molecule has 0 saturated carbocycles. The molecule has 1 heterocycles. The summed E-state index contributed by atoms with van der Waals surface area (Å²) >= 11 is 0. The zero-order valence-electron chi connectivity index (χ0n) is 8.54. The minimum atomic E-state index is 1.01. The highest BCUT2D eigenvalue weighted by atomic mass is 14.8. The van der Waals surface area contributed by atoms with E-state index in [2.05, 4.69) is 17.2 Å². The van der Waals surface area contributed by atoms with E-state index >= 15 is 0 Å². The second-order valence-corrected chi connectivity index (χ2v) is 3.92. The molecule has 2 N–H and O–H groups in total. The van der Waals surface area contributed by atoms with E-state index in [0.717, 1.165) is 6.54 Å². The Morgan fingerprint density at radius 2 is 2.08 bits per heavy atom. The third-order valence-corrected chi connectivity index (χ3v) is 2.98. The lowest BCUT2D eigenvalue weighted by atomic mass is 9.94. The largest absolute Gasteiger partial charge is 0.362 e. The van der Waals surface area contributed by atoms with Gasteiger partial charge < -0.3 is 10.3 Å². The summed E-state index contributed by atoms with van der Waals surface area (Å²) in [5.74, 6) is 0. The van der Waals surface area contributed by atoms with Crippen LogP contribution in [0.1, 0.15) is 35.4 Å². The van der Waals surface area contributed by atoms with Gasteiger partial charge in [0.25, 0.3) is 0 Å². The summed E-state index contributed by atoms with van der Waals surface area (Å²) in [4.78, 5) is 3.51. The molecule has 0 aliphatic heterocycles. The number of hydrogen-bond acceptors (Lipinski definition) is 1. The SMILES string of the molecule is CNCc1c(C)[nH]c2c1CCCC2. The van der Waals surface area contributed by atoms with E-state index in [1.165, 1.54) is 42.6 Å². The number of nitrogens with one attached hydrogen (secondary N) is 2. The summed E-state index contributed by atoms with van der Waals surface area (Å²) in [6.45, 7) is 3.20. The lowest BCUT2D eigenvalue weighted by Crippen LogP contribution is -2.09. The Labute approximate surface area is 79.7 Å². The van der Waals surface area contributed by atoms with Crippen LogP contribution in [-0.4, -0.2) is 12.0 Å². The number of aromatic amines is 1. The first-order chi connectivity index (χ1) is 6.33. The minimum Gasteiger partial charge on any atom is -0.362 e. The average Bonchev–Trinajstić information content (AvgIpc) is 2.44. The molecule has 1 aliphatic carbocycles. The first-order valence-electron chi connectivity index (χ1n) is 5.16. The molecule has 0 unspecified atom stereocenters. The van der Waals surface area contributed by atoms with E-state index in [-0.39, 0.29) is 0 Å². The van der Waals surface area contributed by atoms with Gasteiger partial charge in [-0.15, -0.1) is 0 Å². The standard InChI is InChI=1S/C11H18N2/c1-8-10(7-12-2)9-5-3-4-6-11(9)13-8/h12-13H,3-7H2,1-2H3. The highest BCUT2D eigenvalue weighted by Crippen LogP contribution is 2.26. The van der Waals surface area contributed by atoms with Gasteiger partial charge in [0, 0.05) is 17.9 Å².